The second-order valence-electron chi connectivity index (χ2n) is 6.87. The molecule has 3 aliphatic heterocycles. The van der Waals surface area contributed by atoms with Crippen LogP contribution in [0.4, 0.5) is 0 Å². The molecular weight excluding hydrogens is 276 g/mol. The van der Waals surface area contributed by atoms with Gasteiger partial charge in [-0.05, 0) is 24.7 Å². The predicted octanol–water partition coefficient (Wildman–Crippen LogP) is 2.02. The van der Waals surface area contributed by atoms with Crippen LogP contribution in [0.3, 0.4) is 0 Å². The van der Waals surface area contributed by atoms with Gasteiger partial charge < -0.3 is 4.74 Å². The zero-order valence-electron chi connectivity index (χ0n) is 12.8. The first-order valence-corrected chi connectivity index (χ1v) is 7.87. The largest absolute Gasteiger partial charge is 0.465 e. The molecule has 0 aromatic heterocycles. The molecule has 6 unspecified atom stereocenters. The van der Waals surface area contributed by atoms with Crippen LogP contribution in [-0.2, 0) is 29.1 Å². The summed E-state index contributed by atoms with van der Waals surface area (Å²) in [6.07, 6.45) is 1.86. The molecule has 21 heavy (non-hydrogen) atoms. The lowest BCUT2D eigenvalue weighted by atomic mass is 9.79. The summed E-state index contributed by atoms with van der Waals surface area (Å²) in [7, 11) is 0. The maximum Gasteiger partial charge on any atom is 0.311 e. The van der Waals surface area contributed by atoms with Crippen molar-refractivity contribution in [2.24, 2.45) is 17.8 Å². The summed E-state index contributed by atoms with van der Waals surface area (Å²) < 4.78 is 5.47. The number of hydrogen-bond acceptors (Lipinski definition) is 6. The monoisotopic (exact) mass is 300 g/mol. The van der Waals surface area contributed by atoms with Crippen molar-refractivity contribution in [3.63, 3.8) is 0 Å². The van der Waals surface area contributed by atoms with Crippen molar-refractivity contribution in [1.82, 2.24) is 0 Å². The van der Waals surface area contributed by atoms with Crippen LogP contribution < -0.4 is 0 Å². The van der Waals surface area contributed by atoms with E-state index >= 15 is 0 Å². The van der Waals surface area contributed by atoms with Crippen LogP contribution in [0.1, 0.15) is 40.0 Å². The van der Waals surface area contributed by atoms with Crippen molar-refractivity contribution < 1.29 is 29.1 Å². The smallest absolute Gasteiger partial charge is 0.311 e. The molecule has 3 heterocycles. The summed E-state index contributed by atoms with van der Waals surface area (Å²) in [5, 5.41) is 0. The molecule has 0 amide bonds. The molecule has 1 saturated carbocycles. The lowest BCUT2D eigenvalue weighted by Crippen LogP contribution is -2.68. The van der Waals surface area contributed by atoms with Crippen LogP contribution in [-0.4, -0.2) is 37.0 Å². The molecule has 120 valence electrons. The normalized spacial score (nSPS) is 38.8. The SMILES string of the molecule is CC(C)CCC(C)COC(=O)C1CC2OOC1C1OOC21. The lowest BCUT2D eigenvalue weighted by molar-refractivity contribution is -0.574. The molecule has 4 aliphatic rings. The van der Waals surface area contributed by atoms with E-state index < -0.39 is 6.10 Å². The van der Waals surface area contributed by atoms with Gasteiger partial charge in [-0.3, -0.25) is 4.79 Å². The van der Waals surface area contributed by atoms with Gasteiger partial charge >= 0.3 is 5.97 Å². The van der Waals surface area contributed by atoms with Gasteiger partial charge in [-0.2, -0.15) is 0 Å². The van der Waals surface area contributed by atoms with Crippen molar-refractivity contribution in [3.05, 3.63) is 0 Å². The first-order valence-electron chi connectivity index (χ1n) is 7.87. The average molecular weight is 300 g/mol. The molecular formula is C15H24O6. The minimum absolute atomic E-state index is 0.0993. The molecule has 0 aromatic carbocycles. The summed E-state index contributed by atoms with van der Waals surface area (Å²) >= 11 is 0. The van der Waals surface area contributed by atoms with E-state index in [2.05, 4.69) is 20.8 Å². The third-order valence-corrected chi connectivity index (χ3v) is 4.51. The number of ether oxygens (including phenoxy) is 1. The van der Waals surface area contributed by atoms with Crippen LogP contribution in [0.5, 0.6) is 0 Å². The van der Waals surface area contributed by atoms with Gasteiger partial charge in [0, 0.05) is 0 Å². The molecule has 0 radical (unpaired) electrons. The number of fused-ring (bicyclic) bond motifs is 2. The van der Waals surface area contributed by atoms with Gasteiger partial charge in [0.15, 0.2) is 12.2 Å². The predicted molar refractivity (Wildman–Crippen MR) is 71.8 cm³/mol. The van der Waals surface area contributed by atoms with E-state index in [4.69, 9.17) is 24.3 Å². The highest BCUT2D eigenvalue weighted by Gasteiger charge is 2.61. The zero-order valence-corrected chi connectivity index (χ0v) is 12.8. The summed E-state index contributed by atoms with van der Waals surface area (Å²) in [6.45, 7) is 6.98. The first kappa shape index (κ1) is 15.2. The molecule has 1 aliphatic carbocycles. The van der Waals surface area contributed by atoms with Crippen LogP contribution in [0.15, 0.2) is 0 Å². The third-order valence-electron chi connectivity index (χ3n) is 4.51. The quantitative estimate of drug-likeness (QED) is 0.552. The maximum atomic E-state index is 12.3. The Morgan fingerprint density at radius 2 is 1.76 bits per heavy atom. The summed E-state index contributed by atoms with van der Waals surface area (Å²) in [4.78, 5) is 32.7. The van der Waals surface area contributed by atoms with Gasteiger partial charge in [0.1, 0.15) is 12.2 Å². The van der Waals surface area contributed by atoms with Gasteiger partial charge in [-0.15, -0.1) is 0 Å². The average Bonchev–Trinajstić information content (AvgIpc) is 2.41. The molecule has 6 atom stereocenters. The highest BCUT2D eigenvalue weighted by atomic mass is 17.3. The minimum atomic E-state index is -0.410. The zero-order chi connectivity index (χ0) is 15.0. The highest BCUT2D eigenvalue weighted by Crippen LogP contribution is 2.43. The van der Waals surface area contributed by atoms with Gasteiger partial charge in [0.2, 0.25) is 0 Å². The summed E-state index contributed by atoms with van der Waals surface area (Å²) in [5.74, 6) is 0.533. The molecule has 4 fully saturated rings. The van der Waals surface area contributed by atoms with Crippen LogP contribution in [0, 0.1) is 17.8 Å². The number of carbonyl (C=O) groups excluding carboxylic acids is 1. The first-order chi connectivity index (χ1) is 10.1. The Kier molecular flexibility index (Phi) is 4.49. The number of esters is 1. The highest BCUT2D eigenvalue weighted by molar-refractivity contribution is 5.73. The molecule has 6 heteroatoms. The fourth-order valence-electron chi connectivity index (χ4n) is 3.06. The Hall–Kier alpha value is -0.690. The molecule has 6 nitrogen and oxygen atoms in total. The number of carbonyl (C=O) groups is 1. The van der Waals surface area contributed by atoms with Crippen molar-refractivity contribution in [3.8, 4) is 0 Å². The van der Waals surface area contributed by atoms with Crippen LogP contribution in [0.25, 0.3) is 0 Å². The molecule has 2 bridgehead atoms. The van der Waals surface area contributed by atoms with E-state index in [1.165, 1.54) is 0 Å². The van der Waals surface area contributed by atoms with Crippen LogP contribution in [0.2, 0.25) is 0 Å². The summed E-state index contributed by atoms with van der Waals surface area (Å²) in [6, 6.07) is 0. The Bertz CT molecular complexity index is 382. The van der Waals surface area contributed by atoms with Crippen molar-refractivity contribution in [2.75, 3.05) is 6.61 Å². The minimum Gasteiger partial charge on any atom is -0.465 e. The summed E-state index contributed by atoms with van der Waals surface area (Å²) in [5.41, 5.74) is 0. The van der Waals surface area contributed by atoms with Gasteiger partial charge in [0.05, 0.1) is 12.5 Å². The molecule has 0 N–H and O–H groups in total. The number of rotatable bonds is 6. The van der Waals surface area contributed by atoms with Crippen molar-refractivity contribution >= 4 is 5.97 Å². The third kappa shape index (κ3) is 3.08. The van der Waals surface area contributed by atoms with E-state index in [0.29, 0.717) is 24.9 Å². The Morgan fingerprint density at radius 1 is 1.05 bits per heavy atom. The maximum absolute atomic E-state index is 12.3. The van der Waals surface area contributed by atoms with E-state index in [1.54, 1.807) is 0 Å². The second-order valence-corrected chi connectivity index (χ2v) is 6.87. The lowest BCUT2D eigenvalue weighted by Gasteiger charge is -2.52. The van der Waals surface area contributed by atoms with E-state index in [9.17, 15) is 4.79 Å². The van der Waals surface area contributed by atoms with E-state index in [0.717, 1.165) is 12.8 Å². The second kappa shape index (κ2) is 6.20. The van der Waals surface area contributed by atoms with Gasteiger partial charge in [-0.1, -0.05) is 27.2 Å². The van der Waals surface area contributed by atoms with Crippen molar-refractivity contribution in [1.29, 1.82) is 0 Å². The van der Waals surface area contributed by atoms with Gasteiger partial charge in [0.25, 0.3) is 0 Å². The van der Waals surface area contributed by atoms with E-state index in [1.807, 2.05) is 0 Å². The fourth-order valence-corrected chi connectivity index (χ4v) is 3.06. The molecule has 0 spiro atoms. The van der Waals surface area contributed by atoms with Crippen LogP contribution >= 0.6 is 0 Å². The van der Waals surface area contributed by atoms with E-state index in [-0.39, 0.29) is 30.2 Å². The number of hydrogen-bond donors (Lipinski definition) is 0. The molecule has 4 rings (SSSR count). The fraction of sp³-hybridized carbons (Fsp3) is 0.933. The standard InChI is InChI=1S/C15H24O6/c1-8(2)4-5-9(3)7-17-15(16)10-6-11-13-14(21-20-13)12(10)19-18-11/h8-14H,4-7H2,1-3H3. The van der Waals surface area contributed by atoms with Crippen molar-refractivity contribution in [2.45, 2.75) is 64.4 Å². The topological polar surface area (TPSA) is 63.2 Å². The Morgan fingerprint density at radius 3 is 2.38 bits per heavy atom. The van der Waals surface area contributed by atoms with Gasteiger partial charge in [-0.25, -0.2) is 19.6 Å². The molecule has 3 saturated heterocycles. The Balaban J connectivity index is 1.46. The molecule has 0 aromatic rings. The Labute approximate surface area is 124 Å².